The average Bonchev–Trinajstić information content (AvgIpc) is 2.77. The number of piperidine rings is 1. The lowest BCUT2D eigenvalue weighted by atomic mass is 10.0. The number of hydrogen-bond acceptors (Lipinski definition) is 5. The first-order valence-electron chi connectivity index (χ1n) is 5.59. The third kappa shape index (κ3) is 2.13. The number of aryl methyl sites for hydroxylation is 1. The van der Waals surface area contributed by atoms with Gasteiger partial charge in [0.2, 0.25) is 5.91 Å². The van der Waals surface area contributed by atoms with Crippen LogP contribution >= 0.6 is 0 Å². The summed E-state index contributed by atoms with van der Waals surface area (Å²) in [5.74, 6) is 0.369. The summed E-state index contributed by atoms with van der Waals surface area (Å²) in [5, 5.41) is 10.7. The first kappa shape index (κ1) is 11.6. The van der Waals surface area contributed by atoms with Gasteiger partial charge in [0.05, 0.1) is 6.20 Å². The van der Waals surface area contributed by atoms with Crippen LogP contribution in [0.15, 0.2) is 6.20 Å². The quantitative estimate of drug-likeness (QED) is 0.740. The van der Waals surface area contributed by atoms with E-state index in [9.17, 15) is 9.59 Å². The fourth-order valence-corrected chi connectivity index (χ4v) is 1.83. The molecule has 2 heterocycles. The van der Waals surface area contributed by atoms with Gasteiger partial charge in [-0.25, -0.2) is 4.68 Å². The zero-order valence-corrected chi connectivity index (χ0v) is 9.88. The largest absolute Gasteiger partial charge is 0.357 e. The maximum absolute atomic E-state index is 11.9. The van der Waals surface area contributed by atoms with Gasteiger partial charge in [0.25, 0.3) is 5.91 Å². The number of likely N-dealkylation sites (tertiary alicyclic amines) is 1. The van der Waals surface area contributed by atoms with Crippen LogP contribution in [0.3, 0.4) is 0 Å². The molecule has 7 heteroatoms. The Balaban J connectivity index is 2.09. The number of nitrogens with zero attached hydrogens (tertiary/aromatic N) is 4. The molecule has 1 aliphatic rings. The van der Waals surface area contributed by atoms with E-state index in [1.54, 1.807) is 10.9 Å². The minimum Gasteiger partial charge on any atom is -0.357 e. The molecule has 92 valence electrons. The lowest BCUT2D eigenvalue weighted by Gasteiger charge is -2.28. The summed E-state index contributed by atoms with van der Waals surface area (Å²) < 4.78 is 1.67. The maximum Gasteiger partial charge on any atom is 0.251 e. The van der Waals surface area contributed by atoms with E-state index in [0.29, 0.717) is 25.2 Å². The van der Waals surface area contributed by atoms with Crippen LogP contribution in [0.1, 0.15) is 19.8 Å². The zero-order chi connectivity index (χ0) is 12.4. The molecule has 0 radical (unpaired) electrons. The van der Waals surface area contributed by atoms with Crippen molar-refractivity contribution in [2.75, 3.05) is 12.4 Å². The molecule has 1 N–H and O–H groups in total. The van der Waals surface area contributed by atoms with Gasteiger partial charge in [-0.3, -0.25) is 14.5 Å². The van der Waals surface area contributed by atoms with E-state index in [0.717, 1.165) is 0 Å². The Morgan fingerprint density at radius 2 is 2.29 bits per heavy atom. The number of imide groups is 1. The Kier molecular flexibility index (Phi) is 3.08. The summed E-state index contributed by atoms with van der Waals surface area (Å²) in [6.45, 7) is 2.62. The molecule has 0 spiro atoms. The standard InChI is InChI=1S/C10H15N5O2/c1-3-15-8(6-11-13-15)12-7-4-5-9(16)14(2)10(7)17/h6-7,12H,3-5H2,1-2H3. The predicted molar refractivity (Wildman–Crippen MR) is 60.1 cm³/mol. The summed E-state index contributed by atoms with van der Waals surface area (Å²) >= 11 is 0. The fourth-order valence-electron chi connectivity index (χ4n) is 1.83. The van der Waals surface area contributed by atoms with Crippen LogP contribution in [-0.4, -0.2) is 44.8 Å². The van der Waals surface area contributed by atoms with E-state index in [4.69, 9.17) is 0 Å². The second kappa shape index (κ2) is 4.52. The lowest BCUT2D eigenvalue weighted by molar-refractivity contribution is -0.146. The molecule has 0 aromatic carbocycles. The molecule has 7 nitrogen and oxygen atoms in total. The summed E-state index contributed by atoms with van der Waals surface area (Å²) in [4.78, 5) is 24.3. The van der Waals surface area contributed by atoms with Crippen LogP contribution in [0.25, 0.3) is 0 Å². The van der Waals surface area contributed by atoms with Crippen LogP contribution in [0.2, 0.25) is 0 Å². The highest BCUT2D eigenvalue weighted by Gasteiger charge is 2.32. The zero-order valence-electron chi connectivity index (χ0n) is 9.88. The molecular formula is C10H15N5O2. The lowest BCUT2D eigenvalue weighted by Crippen LogP contribution is -2.48. The molecule has 17 heavy (non-hydrogen) atoms. The van der Waals surface area contributed by atoms with E-state index < -0.39 is 0 Å². The van der Waals surface area contributed by atoms with Crippen LogP contribution in [0, 0.1) is 0 Å². The molecule has 1 fully saturated rings. The normalized spacial score (nSPS) is 20.8. The highest BCUT2D eigenvalue weighted by Crippen LogP contribution is 2.16. The van der Waals surface area contributed by atoms with Gasteiger partial charge in [0, 0.05) is 20.0 Å². The summed E-state index contributed by atoms with van der Waals surface area (Å²) in [7, 11) is 1.51. The van der Waals surface area contributed by atoms with Crippen molar-refractivity contribution in [2.24, 2.45) is 0 Å². The molecule has 1 aliphatic heterocycles. The first-order chi connectivity index (χ1) is 8.13. The highest BCUT2D eigenvalue weighted by atomic mass is 16.2. The number of rotatable bonds is 3. The highest BCUT2D eigenvalue weighted by molar-refractivity contribution is 6.01. The third-order valence-electron chi connectivity index (χ3n) is 2.89. The van der Waals surface area contributed by atoms with Crippen LogP contribution < -0.4 is 5.32 Å². The molecular weight excluding hydrogens is 222 g/mol. The number of aromatic nitrogens is 3. The van der Waals surface area contributed by atoms with Crippen molar-refractivity contribution in [1.29, 1.82) is 0 Å². The number of anilines is 1. The van der Waals surface area contributed by atoms with E-state index in [1.807, 2.05) is 6.92 Å². The molecule has 1 unspecified atom stereocenters. The second-order valence-electron chi connectivity index (χ2n) is 3.96. The van der Waals surface area contributed by atoms with Crippen molar-refractivity contribution >= 4 is 17.6 Å². The number of nitrogens with one attached hydrogen (secondary N) is 1. The van der Waals surface area contributed by atoms with Crippen molar-refractivity contribution in [2.45, 2.75) is 32.4 Å². The van der Waals surface area contributed by atoms with E-state index in [-0.39, 0.29) is 17.9 Å². The van der Waals surface area contributed by atoms with Crippen LogP contribution in [0.5, 0.6) is 0 Å². The topological polar surface area (TPSA) is 80.1 Å². The molecule has 2 rings (SSSR count). The monoisotopic (exact) mass is 237 g/mol. The van der Waals surface area contributed by atoms with Gasteiger partial charge in [0.15, 0.2) is 0 Å². The van der Waals surface area contributed by atoms with Gasteiger partial charge in [-0.2, -0.15) is 0 Å². The number of amides is 2. The van der Waals surface area contributed by atoms with Crippen LogP contribution in [-0.2, 0) is 16.1 Å². The van der Waals surface area contributed by atoms with Crippen molar-refractivity contribution in [1.82, 2.24) is 19.9 Å². The molecule has 1 atom stereocenters. The molecule has 0 aliphatic carbocycles. The van der Waals surface area contributed by atoms with Crippen molar-refractivity contribution in [3.05, 3.63) is 6.20 Å². The Bertz CT molecular complexity index is 442. The fraction of sp³-hybridized carbons (Fsp3) is 0.600. The van der Waals surface area contributed by atoms with E-state index in [1.165, 1.54) is 11.9 Å². The minimum atomic E-state index is -0.374. The smallest absolute Gasteiger partial charge is 0.251 e. The molecule has 1 saturated heterocycles. The van der Waals surface area contributed by atoms with Crippen LogP contribution in [0.4, 0.5) is 5.82 Å². The van der Waals surface area contributed by atoms with Crippen molar-refractivity contribution in [3.63, 3.8) is 0 Å². The van der Waals surface area contributed by atoms with Gasteiger partial charge >= 0.3 is 0 Å². The van der Waals surface area contributed by atoms with Gasteiger partial charge in [-0.05, 0) is 13.3 Å². The van der Waals surface area contributed by atoms with E-state index in [2.05, 4.69) is 15.6 Å². The third-order valence-corrected chi connectivity index (χ3v) is 2.89. The van der Waals surface area contributed by atoms with Gasteiger partial charge < -0.3 is 5.32 Å². The van der Waals surface area contributed by atoms with E-state index >= 15 is 0 Å². The molecule has 0 bridgehead atoms. The summed E-state index contributed by atoms with van der Waals surface area (Å²) in [6.07, 6.45) is 2.47. The molecule has 1 aromatic rings. The molecule has 0 saturated carbocycles. The molecule has 2 amide bonds. The SMILES string of the molecule is CCn1nncc1NC1CCC(=O)N(C)C1=O. The number of likely N-dealkylation sites (N-methyl/N-ethyl adjacent to an activating group) is 1. The summed E-state index contributed by atoms with van der Waals surface area (Å²) in [6, 6.07) is -0.374. The Morgan fingerprint density at radius 3 is 3.00 bits per heavy atom. The van der Waals surface area contributed by atoms with Gasteiger partial charge in [-0.15, -0.1) is 5.10 Å². The van der Waals surface area contributed by atoms with Crippen molar-refractivity contribution < 1.29 is 9.59 Å². The van der Waals surface area contributed by atoms with Crippen molar-refractivity contribution in [3.8, 4) is 0 Å². The maximum atomic E-state index is 11.9. The average molecular weight is 237 g/mol. The second-order valence-corrected chi connectivity index (χ2v) is 3.96. The first-order valence-corrected chi connectivity index (χ1v) is 5.59. The summed E-state index contributed by atoms with van der Waals surface area (Å²) in [5.41, 5.74) is 0. The Morgan fingerprint density at radius 1 is 1.53 bits per heavy atom. The van der Waals surface area contributed by atoms with Gasteiger partial charge in [-0.1, -0.05) is 5.21 Å². The number of hydrogen-bond donors (Lipinski definition) is 1. The predicted octanol–water partition coefficient (Wildman–Crippen LogP) is -0.143. The minimum absolute atomic E-state index is 0.129. The Hall–Kier alpha value is -1.92. The number of carbonyl (C=O) groups excluding carboxylic acids is 2. The number of carbonyl (C=O) groups is 2. The molecule has 1 aromatic heterocycles. The Labute approximate surface area is 98.8 Å². The van der Waals surface area contributed by atoms with Gasteiger partial charge in [0.1, 0.15) is 11.9 Å².